The number of hydrogen-bond donors (Lipinski definition) is 0. The maximum Gasteiger partial charge on any atom is 0.131 e. The summed E-state index contributed by atoms with van der Waals surface area (Å²) in [6.45, 7) is 8.26. The van der Waals surface area contributed by atoms with Crippen molar-refractivity contribution in [3.63, 3.8) is 0 Å². The molecule has 2 nitrogen and oxygen atoms in total. The number of nitrogens with zero attached hydrogens (tertiary/aromatic N) is 2. The Morgan fingerprint density at radius 1 is 1.21 bits per heavy atom. The maximum absolute atomic E-state index is 5.02. The van der Waals surface area contributed by atoms with Gasteiger partial charge in [-0.1, -0.05) is 26.8 Å². The van der Waals surface area contributed by atoms with Crippen molar-refractivity contribution in [3.8, 4) is 0 Å². The van der Waals surface area contributed by atoms with Crippen LogP contribution in [0.1, 0.15) is 50.4 Å². The first-order valence-electron chi connectivity index (χ1n) is 7.68. The minimum absolute atomic E-state index is 0.404. The first-order valence-corrected chi connectivity index (χ1v) is 7.68. The molecule has 1 unspecified atom stereocenters. The fourth-order valence-corrected chi connectivity index (χ4v) is 3.55. The molecule has 0 radical (unpaired) electrons. The van der Waals surface area contributed by atoms with Gasteiger partial charge in [0.05, 0.1) is 0 Å². The van der Waals surface area contributed by atoms with E-state index < -0.39 is 0 Å². The predicted octanol–water partition coefficient (Wildman–Crippen LogP) is 3.62. The summed E-state index contributed by atoms with van der Waals surface area (Å²) in [5.74, 6) is 2.03. The molecule has 0 bridgehead atoms. The van der Waals surface area contributed by atoms with Gasteiger partial charge in [-0.25, -0.2) is 4.98 Å². The SMILES string of the molecule is CN1CCCc2cc3c(nc21)CC(C(C)(C)C)CC3. The van der Waals surface area contributed by atoms with Gasteiger partial charge in [0.15, 0.2) is 0 Å². The van der Waals surface area contributed by atoms with Gasteiger partial charge in [-0.2, -0.15) is 0 Å². The van der Waals surface area contributed by atoms with Gasteiger partial charge in [-0.05, 0) is 54.6 Å². The van der Waals surface area contributed by atoms with Crippen LogP contribution in [-0.4, -0.2) is 18.6 Å². The molecule has 19 heavy (non-hydrogen) atoms. The van der Waals surface area contributed by atoms with E-state index in [1.807, 2.05) is 0 Å². The monoisotopic (exact) mass is 258 g/mol. The fourth-order valence-electron chi connectivity index (χ4n) is 3.55. The Hall–Kier alpha value is -1.05. The third-order valence-corrected chi connectivity index (χ3v) is 4.98. The molecule has 1 aromatic heterocycles. The van der Waals surface area contributed by atoms with E-state index in [4.69, 9.17) is 4.98 Å². The molecule has 2 heterocycles. The highest BCUT2D eigenvalue weighted by atomic mass is 15.2. The Balaban J connectivity index is 1.95. The third-order valence-electron chi connectivity index (χ3n) is 4.98. The van der Waals surface area contributed by atoms with Gasteiger partial charge in [-0.3, -0.25) is 0 Å². The van der Waals surface area contributed by atoms with E-state index in [2.05, 4.69) is 38.8 Å². The summed E-state index contributed by atoms with van der Waals surface area (Å²) in [6.07, 6.45) is 6.20. The summed E-state index contributed by atoms with van der Waals surface area (Å²) < 4.78 is 0. The average Bonchev–Trinajstić information content (AvgIpc) is 2.35. The lowest BCUT2D eigenvalue weighted by molar-refractivity contribution is 0.214. The number of fused-ring (bicyclic) bond motifs is 2. The Bertz CT molecular complexity index is 485. The molecule has 0 saturated heterocycles. The largest absolute Gasteiger partial charge is 0.359 e. The topological polar surface area (TPSA) is 16.1 Å². The van der Waals surface area contributed by atoms with Crippen molar-refractivity contribution in [2.75, 3.05) is 18.5 Å². The van der Waals surface area contributed by atoms with Crippen LogP contribution in [0.2, 0.25) is 0 Å². The number of rotatable bonds is 0. The summed E-state index contributed by atoms with van der Waals surface area (Å²) in [6, 6.07) is 2.45. The van der Waals surface area contributed by atoms with Crippen LogP contribution in [0.3, 0.4) is 0 Å². The zero-order chi connectivity index (χ0) is 13.6. The number of aryl methyl sites for hydroxylation is 2. The number of pyridine rings is 1. The standard InChI is InChI=1S/C17H26N2/c1-17(2,3)14-8-7-12-10-13-6-5-9-19(4)16(13)18-15(12)11-14/h10,14H,5-9,11H2,1-4H3. The first kappa shape index (κ1) is 13.0. The summed E-state index contributed by atoms with van der Waals surface area (Å²) in [5, 5.41) is 0. The van der Waals surface area contributed by atoms with Crippen LogP contribution in [0.5, 0.6) is 0 Å². The summed E-state index contributed by atoms with van der Waals surface area (Å²) in [4.78, 5) is 7.36. The lowest BCUT2D eigenvalue weighted by Crippen LogP contribution is -2.30. The lowest BCUT2D eigenvalue weighted by Gasteiger charge is -2.36. The highest BCUT2D eigenvalue weighted by Gasteiger charge is 2.30. The predicted molar refractivity (Wildman–Crippen MR) is 80.8 cm³/mol. The molecule has 3 rings (SSSR count). The van der Waals surface area contributed by atoms with Crippen LogP contribution < -0.4 is 4.90 Å². The van der Waals surface area contributed by atoms with Gasteiger partial charge in [-0.15, -0.1) is 0 Å². The van der Waals surface area contributed by atoms with Gasteiger partial charge in [0.25, 0.3) is 0 Å². The average molecular weight is 258 g/mol. The smallest absolute Gasteiger partial charge is 0.131 e. The first-order chi connectivity index (χ1) is 8.95. The number of aromatic nitrogens is 1. The molecular weight excluding hydrogens is 232 g/mol. The molecule has 104 valence electrons. The summed E-state index contributed by atoms with van der Waals surface area (Å²) >= 11 is 0. The van der Waals surface area contributed by atoms with E-state index in [9.17, 15) is 0 Å². The third kappa shape index (κ3) is 2.37. The van der Waals surface area contributed by atoms with Gasteiger partial charge in [0.2, 0.25) is 0 Å². The molecule has 0 saturated carbocycles. The van der Waals surface area contributed by atoms with Crippen molar-refractivity contribution in [3.05, 3.63) is 22.9 Å². The Morgan fingerprint density at radius 3 is 2.74 bits per heavy atom. The molecule has 2 heteroatoms. The van der Waals surface area contributed by atoms with E-state index in [0.717, 1.165) is 12.5 Å². The van der Waals surface area contributed by atoms with Gasteiger partial charge < -0.3 is 4.90 Å². The van der Waals surface area contributed by atoms with E-state index in [1.165, 1.54) is 54.7 Å². The molecule has 0 spiro atoms. The minimum Gasteiger partial charge on any atom is -0.359 e. The van der Waals surface area contributed by atoms with Gasteiger partial charge in [0, 0.05) is 19.3 Å². The Labute approximate surface area is 117 Å². The molecule has 0 fully saturated rings. The fraction of sp³-hybridized carbons (Fsp3) is 0.706. The van der Waals surface area contributed by atoms with E-state index in [-0.39, 0.29) is 0 Å². The normalized spacial score (nSPS) is 22.9. The summed E-state index contributed by atoms with van der Waals surface area (Å²) in [7, 11) is 2.18. The molecule has 1 aromatic rings. The van der Waals surface area contributed by atoms with Crippen LogP contribution in [0.4, 0.5) is 5.82 Å². The number of anilines is 1. The number of hydrogen-bond acceptors (Lipinski definition) is 2. The van der Waals surface area contributed by atoms with Crippen LogP contribution in [0.25, 0.3) is 0 Å². The Morgan fingerprint density at radius 2 is 2.00 bits per heavy atom. The Kier molecular flexibility index (Phi) is 3.07. The lowest BCUT2D eigenvalue weighted by atomic mass is 9.71. The second-order valence-corrected chi connectivity index (χ2v) is 7.41. The van der Waals surface area contributed by atoms with Crippen molar-refractivity contribution in [1.29, 1.82) is 0 Å². The van der Waals surface area contributed by atoms with Crippen LogP contribution in [0.15, 0.2) is 6.07 Å². The van der Waals surface area contributed by atoms with Crippen molar-refractivity contribution in [2.45, 2.75) is 52.9 Å². The zero-order valence-corrected chi connectivity index (χ0v) is 12.8. The zero-order valence-electron chi connectivity index (χ0n) is 12.8. The molecule has 0 N–H and O–H groups in total. The van der Waals surface area contributed by atoms with Gasteiger partial charge >= 0.3 is 0 Å². The van der Waals surface area contributed by atoms with E-state index in [1.54, 1.807) is 0 Å². The van der Waals surface area contributed by atoms with Crippen molar-refractivity contribution in [1.82, 2.24) is 4.98 Å². The molecule has 2 aliphatic rings. The van der Waals surface area contributed by atoms with Crippen LogP contribution in [0, 0.1) is 11.3 Å². The van der Waals surface area contributed by atoms with Crippen LogP contribution in [-0.2, 0) is 19.3 Å². The highest BCUT2D eigenvalue weighted by molar-refractivity contribution is 5.51. The quantitative estimate of drug-likeness (QED) is 0.706. The van der Waals surface area contributed by atoms with E-state index >= 15 is 0 Å². The molecular formula is C17H26N2. The van der Waals surface area contributed by atoms with Crippen molar-refractivity contribution < 1.29 is 0 Å². The molecule has 0 aromatic carbocycles. The van der Waals surface area contributed by atoms with Crippen molar-refractivity contribution in [2.24, 2.45) is 11.3 Å². The van der Waals surface area contributed by atoms with Crippen molar-refractivity contribution >= 4 is 5.82 Å². The second-order valence-electron chi connectivity index (χ2n) is 7.41. The molecule has 1 aliphatic heterocycles. The molecule has 0 amide bonds. The maximum atomic E-state index is 5.02. The molecule has 1 atom stereocenters. The van der Waals surface area contributed by atoms with E-state index in [0.29, 0.717) is 5.41 Å². The van der Waals surface area contributed by atoms with Crippen LogP contribution >= 0.6 is 0 Å². The second kappa shape index (κ2) is 4.50. The minimum atomic E-state index is 0.404. The highest BCUT2D eigenvalue weighted by Crippen LogP contribution is 2.38. The summed E-state index contributed by atoms with van der Waals surface area (Å²) in [5.41, 5.74) is 4.77. The molecule has 1 aliphatic carbocycles. The van der Waals surface area contributed by atoms with Gasteiger partial charge in [0.1, 0.15) is 5.82 Å².